The van der Waals surface area contributed by atoms with Crippen molar-refractivity contribution in [1.29, 1.82) is 0 Å². The zero-order valence-corrected chi connectivity index (χ0v) is 12.1. The van der Waals surface area contributed by atoms with Crippen molar-refractivity contribution in [2.45, 2.75) is 45.6 Å². The lowest BCUT2D eigenvalue weighted by Crippen LogP contribution is -2.43. The van der Waals surface area contributed by atoms with Gasteiger partial charge in [0, 0.05) is 31.3 Å². The summed E-state index contributed by atoms with van der Waals surface area (Å²) in [6.45, 7) is 4.36. The summed E-state index contributed by atoms with van der Waals surface area (Å²) in [6.07, 6.45) is 5.87. The molecule has 0 aliphatic carbocycles. The van der Waals surface area contributed by atoms with Crippen molar-refractivity contribution in [3.8, 4) is 0 Å². The molecule has 5 heteroatoms. The van der Waals surface area contributed by atoms with Crippen molar-refractivity contribution in [2.24, 2.45) is 0 Å². The average Bonchev–Trinajstić information content (AvgIpc) is 2.46. The molecule has 2 amide bonds. The smallest absolute Gasteiger partial charge is 0.254 e. The minimum absolute atomic E-state index is 0.0329. The molecule has 2 heterocycles. The number of anilines is 1. The Labute approximate surface area is 119 Å². The highest BCUT2D eigenvalue weighted by Crippen LogP contribution is 2.22. The van der Waals surface area contributed by atoms with Gasteiger partial charge in [0.05, 0.1) is 0 Å². The van der Waals surface area contributed by atoms with Crippen LogP contribution in [-0.4, -0.2) is 34.3 Å². The Morgan fingerprint density at radius 1 is 1.45 bits per heavy atom. The van der Waals surface area contributed by atoms with Gasteiger partial charge in [0.25, 0.3) is 5.91 Å². The highest BCUT2D eigenvalue weighted by atomic mass is 16.2. The van der Waals surface area contributed by atoms with Gasteiger partial charge in [-0.15, -0.1) is 0 Å². The molecule has 0 aromatic carbocycles. The molecule has 1 aromatic rings. The van der Waals surface area contributed by atoms with Gasteiger partial charge in [-0.25, -0.2) is 4.98 Å². The molecule has 1 aliphatic rings. The van der Waals surface area contributed by atoms with E-state index < -0.39 is 0 Å². The van der Waals surface area contributed by atoms with Crippen molar-refractivity contribution >= 4 is 17.6 Å². The van der Waals surface area contributed by atoms with Crippen LogP contribution in [0.5, 0.6) is 0 Å². The number of likely N-dealkylation sites (tertiary alicyclic amines) is 1. The van der Waals surface area contributed by atoms with E-state index in [1.165, 1.54) is 13.3 Å². The molecule has 20 heavy (non-hydrogen) atoms. The fourth-order valence-corrected chi connectivity index (χ4v) is 2.67. The molecule has 5 nitrogen and oxygen atoms in total. The van der Waals surface area contributed by atoms with Gasteiger partial charge >= 0.3 is 0 Å². The minimum Gasteiger partial charge on any atom is -0.336 e. The molecule has 1 unspecified atom stereocenters. The number of nitrogens with one attached hydrogen (secondary N) is 1. The van der Waals surface area contributed by atoms with E-state index in [0.717, 1.165) is 25.8 Å². The fraction of sp³-hybridized carbons (Fsp3) is 0.533. The lowest BCUT2D eigenvalue weighted by molar-refractivity contribution is -0.114. The van der Waals surface area contributed by atoms with Gasteiger partial charge in [0.2, 0.25) is 5.91 Å². The lowest BCUT2D eigenvalue weighted by atomic mass is 9.99. The molecular formula is C15H21N3O2. The number of rotatable bonds is 3. The first-order chi connectivity index (χ1) is 9.61. The first-order valence-electron chi connectivity index (χ1n) is 7.16. The number of nitrogens with zero attached hydrogens (tertiary/aromatic N) is 2. The first kappa shape index (κ1) is 14.5. The van der Waals surface area contributed by atoms with Crippen LogP contribution in [0.4, 0.5) is 5.82 Å². The highest BCUT2D eigenvalue weighted by molar-refractivity contribution is 5.96. The molecule has 0 spiro atoms. The van der Waals surface area contributed by atoms with Crippen LogP contribution in [0.3, 0.4) is 0 Å². The van der Waals surface area contributed by atoms with Gasteiger partial charge in [-0.05, 0) is 37.8 Å². The van der Waals surface area contributed by atoms with Gasteiger partial charge in [-0.1, -0.05) is 6.92 Å². The van der Waals surface area contributed by atoms with Crippen LogP contribution in [-0.2, 0) is 4.79 Å². The van der Waals surface area contributed by atoms with Crippen LogP contribution >= 0.6 is 0 Å². The third kappa shape index (κ3) is 3.35. The van der Waals surface area contributed by atoms with Crippen LogP contribution in [0.1, 0.15) is 49.9 Å². The van der Waals surface area contributed by atoms with E-state index in [1.807, 2.05) is 4.90 Å². The van der Waals surface area contributed by atoms with Crippen LogP contribution in [0, 0.1) is 0 Å². The number of carbonyl (C=O) groups excluding carboxylic acids is 2. The van der Waals surface area contributed by atoms with E-state index in [9.17, 15) is 9.59 Å². The zero-order chi connectivity index (χ0) is 14.5. The number of pyridine rings is 1. The Morgan fingerprint density at radius 3 is 2.95 bits per heavy atom. The number of hydrogen-bond acceptors (Lipinski definition) is 3. The summed E-state index contributed by atoms with van der Waals surface area (Å²) < 4.78 is 0. The number of aromatic nitrogens is 1. The second-order valence-corrected chi connectivity index (χ2v) is 5.17. The van der Waals surface area contributed by atoms with E-state index >= 15 is 0 Å². The van der Waals surface area contributed by atoms with Gasteiger partial charge in [0.15, 0.2) is 0 Å². The predicted molar refractivity (Wildman–Crippen MR) is 77.5 cm³/mol. The first-order valence-corrected chi connectivity index (χ1v) is 7.16. The van der Waals surface area contributed by atoms with Crippen molar-refractivity contribution in [3.63, 3.8) is 0 Å². The normalized spacial score (nSPS) is 18.7. The zero-order valence-electron chi connectivity index (χ0n) is 12.1. The molecule has 0 bridgehead atoms. The van der Waals surface area contributed by atoms with Crippen LogP contribution in [0.15, 0.2) is 18.3 Å². The van der Waals surface area contributed by atoms with E-state index in [-0.39, 0.29) is 11.8 Å². The number of amides is 2. The molecule has 1 saturated heterocycles. The Kier molecular flexibility index (Phi) is 4.71. The van der Waals surface area contributed by atoms with Crippen LogP contribution in [0.2, 0.25) is 0 Å². The lowest BCUT2D eigenvalue weighted by Gasteiger charge is -2.35. The monoisotopic (exact) mass is 275 g/mol. The van der Waals surface area contributed by atoms with Crippen molar-refractivity contribution in [3.05, 3.63) is 23.9 Å². The molecular weight excluding hydrogens is 254 g/mol. The largest absolute Gasteiger partial charge is 0.336 e. The number of piperidine rings is 1. The summed E-state index contributed by atoms with van der Waals surface area (Å²) in [4.78, 5) is 29.6. The minimum atomic E-state index is -0.188. The number of carbonyl (C=O) groups is 2. The maximum Gasteiger partial charge on any atom is 0.254 e. The Hall–Kier alpha value is -1.91. The van der Waals surface area contributed by atoms with Crippen LogP contribution < -0.4 is 5.32 Å². The number of hydrogen-bond donors (Lipinski definition) is 1. The second-order valence-electron chi connectivity index (χ2n) is 5.17. The average molecular weight is 275 g/mol. The van der Waals surface area contributed by atoms with E-state index in [4.69, 9.17) is 0 Å². The molecule has 1 aromatic heterocycles. The molecule has 1 fully saturated rings. The summed E-state index contributed by atoms with van der Waals surface area (Å²) in [5.41, 5.74) is 0.587. The van der Waals surface area contributed by atoms with Gasteiger partial charge in [0.1, 0.15) is 5.82 Å². The molecule has 108 valence electrons. The summed E-state index contributed by atoms with van der Waals surface area (Å²) in [5, 5.41) is 2.61. The topological polar surface area (TPSA) is 62.3 Å². The molecule has 1 N–H and O–H groups in total. The predicted octanol–water partition coefficient (Wildman–Crippen LogP) is 2.44. The summed E-state index contributed by atoms with van der Waals surface area (Å²) in [6, 6.07) is 3.67. The standard InChI is InChI=1S/C15H21N3O2/c1-3-13-6-4-5-9-18(13)15(20)12-7-8-16-14(10-12)17-11(2)19/h7-8,10,13H,3-6,9H2,1-2H3,(H,16,17,19). The molecule has 0 radical (unpaired) electrons. The fourth-order valence-electron chi connectivity index (χ4n) is 2.67. The maximum atomic E-state index is 12.6. The quantitative estimate of drug-likeness (QED) is 0.921. The summed E-state index contributed by atoms with van der Waals surface area (Å²) in [5.74, 6) is 0.269. The van der Waals surface area contributed by atoms with Gasteiger partial charge in [-0.3, -0.25) is 9.59 Å². The van der Waals surface area contributed by atoms with Gasteiger partial charge in [-0.2, -0.15) is 0 Å². The van der Waals surface area contributed by atoms with E-state index in [2.05, 4.69) is 17.2 Å². The van der Waals surface area contributed by atoms with E-state index in [1.54, 1.807) is 18.3 Å². The Morgan fingerprint density at radius 2 is 2.25 bits per heavy atom. The molecule has 1 atom stereocenters. The van der Waals surface area contributed by atoms with Crippen molar-refractivity contribution < 1.29 is 9.59 Å². The maximum absolute atomic E-state index is 12.6. The molecule has 0 saturated carbocycles. The Balaban J connectivity index is 2.17. The van der Waals surface area contributed by atoms with Crippen LogP contribution in [0.25, 0.3) is 0 Å². The second kappa shape index (κ2) is 6.50. The third-order valence-corrected chi connectivity index (χ3v) is 3.67. The third-order valence-electron chi connectivity index (χ3n) is 3.67. The summed E-state index contributed by atoms with van der Waals surface area (Å²) in [7, 11) is 0. The van der Waals surface area contributed by atoms with E-state index in [0.29, 0.717) is 17.4 Å². The van der Waals surface area contributed by atoms with Gasteiger partial charge < -0.3 is 10.2 Å². The highest BCUT2D eigenvalue weighted by Gasteiger charge is 2.26. The molecule has 1 aliphatic heterocycles. The van der Waals surface area contributed by atoms with Crippen molar-refractivity contribution in [1.82, 2.24) is 9.88 Å². The van der Waals surface area contributed by atoms with Crippen molar-refractivity contribution in [2.75, 3.05) is 11.9 Å². The molecule has 2 rings (SSSR count). The summed E-state index contributed by atoms with van der Waals surface area (Å²) >= 11 is 0. The Bertz CT molecular complexity index is 502. The SMILES string of the molecule is CCC1CCCCN1C(=O)c1ccnc(NC(C)=O)c1.